The summed E-state index contributed by atoms with van der Waals surface area (Å²) in [5.74, 6) is 0.808. The van der Waals surface area contributed by atoms with Gasteiger partial charge in [0.1, 0.15) is 12.7 Å². The van der Waals surface area contributed by atoms with Crippen LogP contribution in [0.4, 0.5) is 0 Å². The molecule has 1 heterocycles. The van der Waals surface area contributed by atoms with Gasteiger partial charge in [0.2, 0.25) is 0 Å². The van der Waals surface area contributed by atoms with Gasteiger partial charge in [0, 0.05) is 12.8 Å². The predicted molar refractivity (Wildman–Crippen MR) is 47.8 cm³/mol. The predicted octanol–water partition coefficient (Wildman–Crippen LogP) is -0.825. The molecule has 3 atom stereocenters. The number of ketones is 1. The first-order chi connectivity index (χ1) is 5.61. The van der Waals surface area contributed by atoms with Crippen molar-refractivity contribution in [3.8, 4) is 0 Å². The maximum Gasteiger partial charge on any atom is 0.183 e. The highest BCUT2D eigenvalue weighted by Gasteiger charge is 2.29. The van der Waals surface area contributed by atoms with Crippen molar-refractivity contribution in [3.05, 3.63) is 0 Å². The van der Waals surface area contributed by atoms with Gasteiger partial charge in [0.05, 0.1) is 6.54 Å². The molecule has 3 unspecified atom stereocenters. The molecule has 0 bridgehead atoms. The van der Waals surface area contributed by atoms with E-state index in [9.17, 15) is 4.79 Å². The van der Waals surface area contributed by atoms with Gasteiger partial charge in [0.15, 0.2) is 5.78 Å². The number of nitrogens with one attached hydrogen (secondary N) is 1. The van der Waals surface area contributed by atoms with E-state index in [0.29, 0.717) is 12.5 Å². The first-order valence-corrected chi connectivity index (χ1v) is 4.71. The SMILES string of the molecule is CC(=O)C[NH+]1CCCC(C)C1N. The third kappa shape index (κ3) is 2.29. The van der Waals surface area contributed by atoms with Crippen LogP contribution in [0, 0.1) is 5.92 Å². The molecular weight excluding hydrogens is 152 g/mol. The second kappa shape index (κ2) is 4.01. The third-order valence-electron chi connectivity index (χ3n) is 2.72. The number of hydrogen-bond donors (Lipinski definition) is 2. The molecule has 1 aliphatic rings. The Morgan fingerprint density at radius 1 is 1.67 bits per heavy atom. The fourth-order valence-corrected chi connectivity index (χ4v) is 1.93. The number of quaternary nitrogens is 1. The van der Waals surface area contributed by atoms with Gasteiger partial charge in [-0.1, -0.05) is 6.92 Å². The Balaban J connectivity index is 2.46. The number of rotatable bonds is 2. The summed E-state index contributed by atoms with van der Waals surface area (Å²) in [6.45, 7) is 5.47. The van der Waals surface area contributed by atoms with E-state index in [1.165, 1.54) is 17.7 Å². The lowest BCUT2D eigenvalue weighted by Gasteiger charge is -2.33. The summed E-state index contributed by atoms with van der Waals surface area (Å²) >= 11 is 0. The van der Waals surface area contributed by atoms with Gasteiger partial charge in [0.25, 0.3) is 0 Å². The maximum atomic E-state index is 10.9. The highest BCUT2D eigenvalue weighted by Crippen LogP contribution is 2.08. The van der Waals surface area contributed by atoms with E-state index in [-0.39, 0.29) is 11.9 Å². The highest BCUT2D eigenvalue weighted by atomic mass is 16.1. The summed E-state index contributed by atoms with van der Waals surface area (Å²) in [4.78, 5) is 12.2. The Hall–Kier alpha value is -0.410. The lowest BCUT2D eigenvalue weighted by Crippen LogP contribution is -3.19. The van der Waals surface area contributed by atoms with Crippen LogP contribution in [0.5, 0.6) is 0 Å². The Kier molecular flexibility index (Phi) is 3.23. The first kappa shape index (κ1) is 9.68. The van der Waals surface area contributed by atoms with E-state index < -0.39 is 0 Å². The van der Waals surface area contributed by atoms with Crippen molar-refractivity contribution in [1.29, 1.82) is 0 Å². The first-order valence-electron chi connectivity index (χ1n) is 4.71. The zero-order valence-electron chi connectivity index (χ0n) is 7.97. The van der Waals surface area contributed by atoms with E-state index in [4.69, 9.17) is 5.73 Å². The Labute approximate surface area is 73.9 Å². The molecule has 1 rings (SSSR count). The van der Waals surface area contributed by atoms with Gasteiger partial charge < -0.3 is 4.90 Å². The average molecular weight is 171 g/mol. The highest BCUT2D eigenvalue weighted by molar-refractivity contribution is 5.76. The zero-order chi connectivity index (χ0) is 9.14. The zero-order valence-corrected chi connectivity index (χ0v) is 7.97. The van der Waals surface area contributed by atoms with Crippen molar-refractivity contribution < 1.29 is 9.69 Å². The van der Waals surface area contributed by atoms with Crippen molar-refractivity contribution in [2.75, 3.05) is 13.1 Å². The number of nitrogens with two attached hydrogens (primary N) is 1. The van der Waals surface area contributed by atoms with E-state index in [2.05, 4.69) is 6.92 Å². The monoisotopic (exact) mass is 171 g/mol. The summed E-state index contributed by atoms with van der Waals surface area (Å²) in [5, 5.41) is 0. The van der Waals surface area contributed by atoms with Crippen LogP contribution in [-0.4, -0.2) is 25.0 Å². The molecule has 0 spiro atoms. The van der Waals surface area contributed by atoms with Crippen LogP contribution in [-0.2, 0) is 4.79 Å². The van der Waals surface area contributed by atoms with Crippen molar-refractivity contribution in [2.45, 2.75) is 32.9 Å². The molecule has 3 N–H and O–H groups in total. The van der Waals surface area contributed by atoms with Crippen LogP contribution >= 0.6 is 0 Å². The normalized spacial score (nSPS) is 36.4. The quantitative estimate of drug-likeness (QED) is 0.570. The van der Waals surface area contributed by atoms with Crippen molar-refractivity contribution in [2.24, 2.45) is 11.7 Å². The van der Waals surface area contributed by atoms with Crippen molar-refractivity contribution in [1.82, 2.24) is 0 Å². The fourth-order valence-electron chi connectivity index (χ4n) is 1.93. The molecular formula is C9H19N2O+. The molecule has 12 heavy (non-hydrogen) atoms. The molecule has 0 amide bonds. The second-order valence-corrected chi connectivity index (χ2v) is 3.93. The van der Waals surface area contributed by atoms with Crippen LogP contribution in [0.3, 0.4) is 0 Å². The lowest BCUT2D eigenvalue weighted by molar-refractivity contribution is -0.926. The maximum absolute atomic E-state index is 10.9. The molecule has 1 saturated heterocycles. The average Bonchev–Trinajstić information content (AvgIpc) is 1.98. The van der Waals surface area contributed by atoms with Gasteiger partial charge in [-0.2, -0.15) is 0 Å². The number of hydrogen-bond acceptors (Lipinski definition) is 2. The number of carbonyl (C=O) groups is 1. The van der Waals surface area contributed by atoms with E-state index in [1.807, 2.05) is 0 Å². The number of likely N-dealkylation sites (tertiary alicyclic amines) is 1. The van der Waals surface area contributed by atoms with Gasteiger partial charge >= 0.3 is 0 Å². The standard InChI is InChI=1S/C9H18N2O/c1-7-4-3-5-11(9(7)10)6-8(2)12/h7,9H,3-6,10H2,1-2H3/p+1. The Bertz CT molecular complexity index is 170. The van der Waals surface area contributed by atoms with Gasteiger partial charge in [-0.15, -0.1) is 0 Å². The van der Waals surface area contributed by atoms with E-state index >= 15 is 0 Å². The summed E-state index contributed by atoms with van der Waals surface area (Å²) in [6, 6.07) is 0. The molecule has 70 valence electrons. The number of piperidine rings is 1. The topological polar surface area (TPSA) is 47.5 Å². The summed E-state index contributed by atoms with van der Waals surface area (Å²) in [7, 11) is 0. The molecule has 1 fully saturated rings. The molecule has 0 saturated carbocycles. The molecule has 0 aromatic carbocycles. The second-order valence-electron chi connectivity index (χ2n) is 3.93. The minimum Gasteiger partial charge on any atom is -0.314 e. The smallest absolute Gasteiger partial charge is 0.183 e. The Morgan fingerprint density at radius 2 is 2.33 bits per heavy atom. The van der Waals surface area contributed by atoms with Crippen LogP contribution in [0.25, 0.3) is 0 Å². The molecule has 0 radical (unpaired) electrons. The molecule has 0 aromatic rings. The summed E-state index contributed by atoms with van der Waals surface area (Å²) in [5.41, 5.74) is 5.98. The summed E-state index contributed by atoms with van der Waals surface area (Å²) < 4.78 is 0. The minimum absolute atomic E-state index is 0.169. The van der Waals surface area contributed by atoms with Crippen molar-refractivity contribution in [3.63, 3.8) is 0 Å². The van der Waals surface area contributed by atoms with Crippen molar-refractivity contribution >= 4 is 5.78 Å². The molecule has 3 heteroatoms. The molecule has 1 aliphatic heterocycles. The lowest BCUT2D eigenvalue weighted by atomic mass is 9.96. The van der Waals surface area contributed by atoms with Crippen LogP contribution < -0.4 is 10.6 Å². The third-order valence-corrected chi connectivity index (χ3v) is 2.72. The van der Waals surface area contributed by atoms with Crippen LogP contribution in [0.15, 0.2) is 0 Å². The van der Waals surface area contributed by atoms with Crippen LogP contribution in [0.2, 0.25) is 0 Å². The molecule has 0 aromatic heterocycles. The minimum atomic E-state index is 0.169. The largest absolute Gasteiger partial charge is 0.314 e. The van der Waals surface area contributed by atoms with Gasteiger partial charge in [-0.3, -0.25) is 10.5 Å². The molecule has 3 nitrogen and oxygen atoms in total. The number of carbonyl (C=O) groups excluding carboxylic acids is 1. The van der Waals surface area contributed by atoms with Crippen LogP contribution in [0.1, 0.15) is 26.7 Å². The number of Topliss-reactive ketones (excluding diaryl/α,β-unsaturated/α-hetero) is 1. The Morgan fingerprint density at radius 3 is 2.92 bits per heavy atom. The van der Waals surface area contributed by atoms with Gasteiger partial charge in [-0.25, -0.2) is 0 Å². The van der Waals surface area contributed by atoms with E-state index in [0.717, 1.165) is 6.54 Å². The fraction of sp³-hybridized carbons (Fsp3) is 0.889. The molecule has 0 aliphatic carbocycles. The van der Waals surface area contributed by atoms with Gasteiger partial charge in [-0.05, 0) is 12.8 Å². The summed E-state index contributed by atoms with van der Waals surface area (Å²) in [6.07, 6.45) is 2.59. The van der Waals surface area contributed by atoms with E-state index in [1.54, 1.807) is 6.92 Å².